The lowest BCUT2D eigenvalue weighted by Crippen LogP contribution is -2.33. The Balaban J connectivity index is 1.93. The van der Waals surface area contributed by atoms with Crippen LogP contribution in [0.4, 0.5) is 0 Å². The standard InChI is InChI=1S/C12H25N3O/c1-11-6-9-15(10-7-11)8-4-2-3-5-12(16)14-13/h11H,2-10,13H2,1H3,(H,14,16). The number of likely N-dealkylation sites (tertiary alicyclic amines) is 1. The molecule has 4 heteroatoms. The molecular weight excluding hydrogens is 202 g/mol. The zero-order valence-electron chi connectivity index (χ0n) is 10.4. The fourth-order valence-corrected chi connectivity index (χ4v) is 2.16. The molecule has 1 heterocycles. The van der Waals surface area contributed by atoms with E-state index in [1.807, 2.05) is 0 Å². The van der Waals surface area contributed by atoms with Crippen molar-refractivity contribution in [2.45, 2.75) is 45.4 Å². The van der Waals surface area contributed by atoms with Crippen molar-refractivity contribution in [1.29, 1.82) is 0 Å². The van der Waals surface area contributed by atoms with E-state index in [0.717, 1.165) is 18.8 Å². The molecule has 0 aromatic rings. The maximum Gasteiger partial charge on any atom is 0.233 e. The van der Waals surface area contributed by atoms with Crippen LogP contribution in [0.1, 0.15) is 45.4 Å². The molecule has 0 unspecified atom stereocenters. The Labute approximate surface area is 98.5 Å². The second kappa shape index (κ2) is 7.63. The van der Waals surface area contributed by atoms with Gasteiger partial charge in [0.05, 0.1) is 0 Å². The van der Waals surface area contributed by atoms with Crippen molar-refractivity contribution in [2.24, 2.45) is 11.8 Å². The van der Waals surface area contributed by atoms with Crippen molar-refractivity contribution in [3.63, 3.8) is 0 Å². The first-order valence-electron chi connectivity index (χ1n) is 6.44. The summed E-state index contributed by atoms with van der Waals surface area (Å²) in [7, 11) is 0. The maximum atomic E-state index is 10.9. The first-order valence-corrected chi connectivity index (χ1v) is 6.44. The SMILES string of the molecule is CC1CCN(CCCCCC(=O)NN)CC1. The predicted molar refractivity (Wildman–Crippen MR) is 65.6 cm³/mol. The molecule has 1 amide bonds. The summed E-state index contributed by atoms with van der Waals surface area (Å²) in [6.07, 6.45) is 6.53. The summed E-state index contributed by atoms with van der Waals surface area (Å²) < 4.78 is 0. The molecule has 0 spiro atoms. The first kappa shape index (κ1) is 13.5. The maximum absolute atomic E-state index is 10.9. The third kappa shape index (κ3) is 5.47. The fraction of sp³-hybridized carbons (Fsp3) is 0.917. The molecule has 16 heavy (non-hydrogen) atoms. The smallest absolute Gasteiger partial charge is 0.233 e. The Morgan fingerprint density at radius 2 is 2.00 bits per heavy atom. The highest BCUT2D eigenvalue weighted by atomic mass is 16.2. The van der Waals surface area contributed by atoms with Crippen LogP contribution in [0, 0.1) is 5.92 Å². The summed E-state index contributed by atoms with van der Waals surface area (Å²) in [5.41, 5.74) is 2.16. The van der Waals surface area contributed by atoms with Crippen molar-refractivity contribution in [1.82, 2.24) is 10.3 Å². The number of rotatable bonds is 6. The van der Waals surface area contributed by atoms with Crippen molar-refractivity contribution >= 4 is 5.91 Å². The number of nitrogens with two attached hydrogens (primary N) is 1. The van der Waals surface area contributed by atoms with Gasteiger partial charge in [0, 0.05) is 6.42 Å². The van der Waals surface area contributed by atoms with Gasteiger partial charge in [-0.05, 0) is 51.2 Å². The zero-order valence-corrected chi connectivity index (χ0v) is 10.4. The van der Waals surface area contributed by atoms with Gasteiger partial charge >= 0.3 is 0 Å². The van der Waals surface area contributed by atoms with E-state index in [1.165, 1.54) is 38.9 Å². The molecule has 1 aliphatic heterocycles. The summed E-state index contributed by atoms with van der Waals surface area (Å²) in [5, 5.41) is 0. The Morgan fingerprint density at radius 3 is 2.62 bits per heavy atom. The van der Waals surface area contributed by atoms with E-state index in [9.17, 15) is 4.79 Å². The van der Waals surface area contributed by atoms with Gasteiger partial charge in [-0.15, -0.1) is 0 Å². The molecule has 1 rings (SSSR count). The molecular formula is C12H25N3O. The largest absolute Gasteiger partial charge is 0.303 e. The number of nitrogens with zero attached hydrogens (tertiary/aromatic N) is 1. The van der Waals surface area contributed by atoms with Crippen molar-refractivity contribution in [3.8, 4) is 0 Å². The molecule has 1 aliphatic rings. The van der Waals surface area contributed by atoms with E-state index in [0.29, 0.717) is 6.42 Å². The highest BCUT2D eigenvalue weighted by Crippen LogP contribution is 2.16. The van der Waals surface area contributed by atoms with Crippen molar-refractivity contribution in [2.75, 3.05) is 19.6 Å². The lowest BCUT2D eigenvalue weighted by molar-refractivity contribution is -0.121. The molecule has 1 fully saturated rings. The van der Waals surface area contributed by atoms with E-state index in [4.69, 9.17) is 5.84 Å². The highest BCUT2D eigenvalue weighted by Gasteiger charge is 2.14. The lowest BCUT2D eigenvalue weighted by atomic mass is 9.99. The average Bonchev–Trinajstić information content (AvgIpc) is 2.31. The number of hydrogen-bond donors (Lipinski definition) is 2. The number of carbonyl (C=O) groups is 1. The van der Waals surface area contributed by atoms with Gasteiger partial charge in [0.25, 0.3) is 0 Å². The van der Waals surface area contributed by atoms with Crippen LogP contribution < -0.4 is 11.3 Å². The predicted octanol–water partition coefficient (Wildman–Crippen LogP) is 1.27. The zero-order chi connectivity index (χ0) is 11.8. The van der Waals surface area contributed by atoms with Crippen LogP contribution in [0.25, 0.3) is 0 Å². The number of carbonyl (C=O) groups excluding carboxylic acids is 1. The number of hydrogen-bond acceptors (Lipinski definition) is 3. The van der Waals surface area contributed by atoms with Crippen LogP contribution >= 0.6 is 0 Å². The van der Waals surface area contributed by atoms with E-state index in [2.05, 4.69) is 17.2 Å². The monoisotopic (exact) mass is 227 g/mol. The molecule has 4 nitrogen and oxygen atoms in total. The molecule has 0 aliphatic carbocycles. The van der Waals surface area contributed by atoms with E-state index >= 15 is 0 Å². The molecule has 0 radical (unpaired) electrons. The number of nitrogens with one attached hydrogen (secondary N) is 1. The van der Waals surface area contributed by atoms with Crippen LogP contribution in [-0.2, 0) is 4.79 Å². The normalized spacial score (nSPS) is 18.6. The third-order valence-corrected chi connectivity index (χ3v) is 3.42. The molecule has 0 atom stereocenters. The molecule has 0 saturated carbocycles. The Morgan fingerprint density at radius 1 is 1.31 bits per heavy atom. The average molecular weight is 227 g/mol. The molecule has 0 aromatic carbocycles. The Hall–Kier alpha value is -0.610. The summed E-state index contributed by atoms with van der Waals surface area (Å²) in [4.78, 5) is 13.4. The van der Waals surface area contributed by atoms with Gasteiger partial charge in [-0.2, -0.15) is 0 Å². The van der Waals surface area contributed by atoms with Gasteiger partial charge in [-0.3, -0.25) is 10.2 Å². The topological polar surface area (TPSA) is 58.4 Å². The minimum absolute atomic E-state index is 0.0493. The van der Waals surface area contributed by atoms with E-state index < -0.39 is 0 Å². The van der Waals surface area contributed by atoms with Crippen LogP contribution in [-0.4, -0.2) is 30.4 Å². The van der Waals surface area contributed by atoms with Gasteiger partial charge in [0.2, 0.25) is 5.91 Å². The van der Waals surface area contributed by atoms with Crippen molar-refractivity contribution in [3.05, 3.63) is 0 Å². The minimum Gasteiger partial charge on any atom is -0.303 e. The molecule has 0 aromatic heterocycles. The quantitative estimate of drug-likeness (QED) is 0.311. The lowest BCUT2D eigenvalue weighted by Gasteiger charge is -2.30. The summed E-state index contributed by atoms with van der Waals surface area (Å²) in [6, 6.07) is 0. The van der Waals surface area contributed by atoms with Gasteiger partial charge in [-0.1, -0.05) is 13.3 Å². The summed E-state index contributed by atoms with van der Waals surface area (Å²) in [6.45, 7) is 6.04. The number of amides is 1. The Bertz CT molecular complexity index is 200. The van der Waals surface area contributed by atoms with Gasteiger partial charge in [0.1, 0.15) is 0 Å². The van der Waals surface area contributed by atoms with Crippen LogP contribution in [0.15, 0.2) is 0 Å². The fourth-order valence-electron chi connectivity index (χ4n) is 2.16. The van der Waals surface area contributed by atoms with Crippen LogP contribution in [0.3, 0.4) is 0 Å². The second-order valence-corrected chi connectivity index (χ2v) is 4.90. The third-order valence-electron chi connectivity index (χ3n) is 3.42. The van der Waals surface area contributed by atoms with Gasteiger partial charge in [0.15, 0.2) is 0 Å². The number of piperidine rings is 1. The highest BCUT2D eigenvalue weighted by molar-refractivity contribution is 5.74. The van der Waals surface area contributed by atoms with Crippen LogP contribution in [0.5, 0.6) is 0 Å². The van der Waals surface area contributed by atoms with E-state index in [-0.39, 0.29) is 5.91 Å². The molecule has 94 valence electrons. The Kier molecular flexibility index (Phi) is 6.42. The van der Waals surface area contributed by atoms with Gasteiger partial charge in [-0.25, -0.2) is 5.84 Å². The van der Waals surface area contributed by atoms with Crippen LogP contribution in [0.2, 0.25) is 0 Å². The minimum atomic E-state index is -0.0493. The second-order valence-electron chi connectivity index (χ2n) is 4.90. The number of unbranched alkanes of at least 4 members (excludes halogenated alkanes) is 2. The molecule has 0 bridgehead atoms. The molecule has 3 N–H and O–H groups in total. The number of hydrazine groups is 1. The summed E-state index contributed by atoms with van der Waals surface area (Å²) in [5.74, 6) is 5.87. The molecule has 1 saturated heterocycles. The summed E-state index contributed by atoms with van der Waals surface area (Å²) >= 11 is 0. The first-order chi connectivity index (χ1) is 7.72. The van der Waals surface area contributed by atoms with Gasteiger partial charge < -0.3 is 4.90 Å². The van der Waals surface area contributed by atoms with Crippen molar-refractivity contribution < 1.29 is 4.79 Å². The van der Waals surface area contributed by atoms with E-state index in [1.54, 1.807) is 0 Å².